The molecule has 1 saturated carbocycles. The van der Waals surface area contributed by atoms with Crippen LogP contribution in [0.5, 0.6) is 5.75 Å². The molecule has 4 N–H and O–H groups in total. The molecule has 0 radical (unpaired) electrons. The van der Waals surface area contributed by atoms with Crippen LogP contribution < -0.4 is 15.8 Å². The summed E-state index contributed by atoms with van der Waals surface area (Å²) in [5.41, 5.74) is 9.76. The minimum atomic E-state index is -0.161. The standard InChI is InChI=1S/C29H29N5O2/c30-26-13-10-23(29(35)33-28(22-6-7-22)21-4-2-1-3-5-21)18-25(26)27(31)20-8-11-24(12-9-20)36-17-16-34-15-14-32-19-34/h1-5,8-15,18-19,22,28,31H,6-7,16-17,30H2,(H,33,35). The van der Waals surface area contributed by atoms with Crippen LogP contribution in [0.3, 0.4) is 0 Å². The van der Waals surface area contributed by atoms with E-state index in [9.17, 15) is 4.79 Å². The fraction of sp³-hybridized carbons (Fsp3) is 0.207. The molecular formula is C29H29N5O2. The zero-order valence-electron chi connectivity index (χ0n) is 19.9. The highest BCUT2D eigenvalue weighted by atomic mass is 16.5. The number of nitrogens with zero attached hydrogens (tertiary/aromatic N) is 2. The van der Waals surface area contributed by atoms with Crippen LogP contribution in [-0.4, -0.2) is 27.8 Å². The van der Waals surface area contributed by atoms with E-state index in [1.54, 1.807) is 30.7 Å². The van der Waals surface area contributed by atoms with Crippen molar-refractivity contribution in [3.05, 3.63) is 114 Å². The number of hydrogen-bond acceptors (Lipinski definition) is 5. The fourth-order valence-electron chi connectivity index (χ4n) is 4.26. The van der Waals surface area contributed by atoms with E-state index >= 15 is 0 Å². The molecule has 1 aromatic heterocycles. The lowest BCUT2D eigenvalue weighted by molar-refractivity contribution is 0.0931. The van der Waals surface area contributed by atoms with Gasteiger partial charge in [-0.2, -0.15) is 0 Å². The number of benzene rings is 3. The summed E-state index contributed by atoms with van der Waals surface area (Å²) in [6, 6.07) is 22.5. The van der Waals surface area contributed by atoms with Crippen molar-refractivity contribution in [1.82, 2.24) is 14.9 Å². The van der Waals surface area contributed by atoms with E-state index in [1.165, 1.54) is 0 Å². The third-order valence-corrected chi connectivity index (χ3v) is 6.44. The molecule has 182 valence electrons. The minimum Gasteiger partial charge on any atom is -0.492 e. The van der Waals surface area contributed by atoms with Gasteiger partial charge < -0.3 is 20.4 Å². The van der Waals surface area contributed by atoms with Crippen molar-refractivity contribution in [2.75, 3.05) is 12.3 Å². The average Bonchev–Trinajstić information content (AvgIpc) is 3.62. The molecule has 36 heavy (non-hydrogen) atoms. The Kier molecular flexibility index (Phi) is 6.80. The molecule has 0 aliphatic heterocycles. The van der Waals surface area contributed by atoms with Gasteiger partial charge in [0.05, 0.1) is 24.6 Å². The summed E-state index contributed by atoms with van der Waals surface area (Å²) in [5.74, 6) is 1.02. The molecule has 1 unspecified atom stereocenters. The topological polar surface area (TPSA) is 106 Å². The number of aromatic nitrogens is 2. The van der Waals surface area contributed by atoms with Crippen molar-refractivity contribution in [2.45, 2.75) is 25.4 Å². The van der Waals surface area contributed by atoms with Gasteiger partial charge in [-0.3, -0.25) is 10.2 Å². The molecule has 0 bridgehead atoms. The van der Waals surface area contributed by atoms with Crippen molar-refractivity contribution in [2.24, 2.45) is 5.92 Å². The zero-order valence-corrected chi connectivity index (χ0v) is 19.9. The number of nitrogens with two attached hydrogens (primary N) is 1. The highest BCUT2D eigenvalue weighted by Gasteiger charge is 2.33. The first-order valence-corrected chi connectivity index (χ1v) is 12.1. The molecular weight excluding hydrogens is 450 g/mol. The van der Waals surface area contributed by atoms with E-state index in [0.29, 0.717) is 41.4 Å². The van der Waals surface area contributed by atoms with E-state index < -0.39 is 0 Å². The van der Waals surface area contributed by atoms with Crippen molar-refractivity contribution >= 4 is 17.3 Å². The molecule has 0 spiro atoms. The number of amides is 1. The highest BCUT2D eigenvalue weighted by molar-refractivity contribution is 6.14. The minimum absolute atomic E-state index is 0.0134. The van der Waals surface area contributed by atoms with Crippen LogP contribution in [0.25, 0.3) is 0 Å². The van der Waals surface area contributed by atoms with E-state index in [2.05, 4.69) is 22.4 Å². The van der Waals surface area contributed by atoms with Crippen LogP contribution in [0, 0.1) is 11.3 Å². The Morgan fingerprint density at radius 1 is 1.08 bits per heavy atom. The Bertz CT molecular complexity index is 1330. The van der Waals surface area contributed by atoms with Crippen molar-refractivity contribution in [3.63, 3.8) is 0 Å². The van der Waals surface area contributed by atoms with Gasteiger partial charge in [0.2, 0.25) is 0 Å². The zero-order chi connectivity index (χ0) is 24.9. The molecule has 1 heterocycles. The summed E-state index contributed by atoms with van der Waals surface area (Å²) in [6.07, 6.45) is 7.60. The SMILES string of the molecule is N=C(c1ccc(OCCn2ccnc2)cc1)c1cc(C(=O)NC(c2ccccc2)C2CC2)ccc1N. The Hall–Kier alpha value is -4.39. The first-order valence-electron chi connectivity index (χ1n) is 12.1. The number of carbonyl (C=O) groups is 1. The Labute approximate surface area is 210 Å². The summed E-state index contributed by atoms with van der Waals surface area (Å²) < 4.78 is 7.74. The van der Waals surface area contributed by atoms with Gasteiger partial charge >= 0.3 is 0 Å². The summed E-state index contributed by atoms with van der Waals surface area (Å²) >= 11 is 0. The molecule has 7 heteroatoms. The lowest BCUT2D eigenvalue weighted by Gasteiger charge is -2.19. The van der Waals surface area contributed by atoms with Crippen molar-refractivity contribution < 1.29 is 9.53 Å². The first-order chi connectivity index (χ1) is 17.6. The second-order valence-electron chi connectivity index (χ2n) is 9.05. The molecule has 7 nitrogen and oxygen atoms in total. The molecule has 4 aromatic rings. The number of hydrogen-bond donors (Lipinski definition) is 3. The van der Waals surface area contributed by atoms with Crippen LogP contribution in [0.4, 0.5) is 5.69 Å². The quantitative estimate of drug-likeness (QED) is 0.223. The number of anilines is 1. The number of nitrogen functional groups attached to an aromatic ring is 1. The monoisotopic (exact) mass is 479 g/mol. The molecule has 1 aliphatic rings. The van der Waals surface area contributed by atoms with Crippen LogP contribution >= 0.6 is 0 Å². The normalized spacial score (nSPS) is 13.7. The molecule has 1 amide bonds. The number of carbonyl (C=O) groups excluding carboxylic acids is 1. The average molecular weight is 480 g/mol. The summed E-state index contributed by atoms with van der Waals surface area (Å²) in [4.78, 5) is 17.2. The lowest BCUT2D eigenvalue weighted by Crippen LogP contribution is -2.30. The van der Waals surface area contributed by atoms with Gasteiger partial charge in [-0.1, -0.05) is 30.3 Å². The molecule has 5 rings (SSSR count). The first kappa shape index (κ1) is 23.4. The number of ether oxygens (including phenoxy) is 1. The summed E-state index contributed by atoms with van der Waals surface area (Å²) in [7, 11) is 0. The third kappa shape index (κ3) is 5.46. The number of rotatable bonds is 10. The molecule has 3 aromatic carbocycles. The molecule has 1 atom stereocenters. The predicted octanol–water partition coefficient (Wildman–Crippen LogP) is 4.84. The molecule has 1 fully saturated rings. The van der Waals surface area contributed by atoms with Crippen LogP contribution in [0.1, 0.15) is 45.9 Å². The largest absolute Gasteiger partial charge is 0.492 e. The van der Waals surface area contributed by atoms with Crippen LogP contribution in [-0.2, 0) is 6.54 Å². The second kappa shape index (κ2) is 10.5. The van der Waals surface area contributed by atoms with E-state index in [-0.39, 0.29) is 17.7 Å². The van der Waals surface area contributed by atoms with E-state index in [4.69, 9.17) is 15.9 Å². The maximum absolute atomic E-state index is 13.2. The lowest BCUT2D eigenvalue weighted by atomic mass is 9.97. The summed E-state index contributed by atoms with van der Waals surface area (Å²) in [6.45, 7) is 1.22. The molecule has 1 aliphatic carbocycles. The summed E-state index contributed by atoms with van der Waals surface area (Å²) in [5, 5.41) is 11.9. The fourth-order valence-corrected chi connectivity index (χ4v) is 4.26. The van der Waals surface area contributed by atoms with Crippen molar-refractivity contribution in [3.8, 4) is 5.75 Å². The Balaban J connectivity index is 1.26. The maximum atomic E-state index is 13.2. The second-order valence-corrected chi connectivity index (χ2v) is 9.05. The Morgan fingerprint density at radius 3 is 2.53 bits per heavy atom. The molecule has 0 saturated heterocycles. The van der Waals surface area contributed by atoms with Gasteiger partial charge in [0.15, 0.2) is 0 Å². The van der Waals surface area contributed by atoms with Crippen LogP contribution in [0.15, 0.2) is 91.5 Å². The van der Waals surface area contributed by atoms with Crippen LogP contribution in [0.2, 0.25) is 0 Å². The predicted molar refractivity (Wildman–Crippen MR) is 140 cm³/mol. The smallest absolute Gasteiger partial charge is 0.251 e. The van der Waals surface area contributed by atoms with Gasteiger partial charge in [0, 0.05) is 34.8 Å². The van der Waals surface area contributed by atoms with Crippen molar-refractivity contribution in [1.29, 1.82) is 5.41 Å². The highest BCUT2D eigenvalue weighted by Crippen LogP contribution is 2.41. The van der Waals surface area contributed by atoms with Gasteiger partial charge in [0.1, 0.15) is 12.4 Å². The van der Waals surface area contributed by atoms with Gasteiger partial charge in [-0.15, -0.1) is 0 Å². The third-order valence-electron chi connectivity index (χ3n) is 6.44. The van der Waals surface area contributed by atoms with E-state index in [0.717, 1.165) is 24.2 Å². The number of imidazole rings is 1. The van der Waals surface area contributed by atoms with Gasteiger partial charge in [-0.05, 0) is 66.8 Å². The van der Waals surface area contributed by atoms with Gasteiger partial charge in [-0.25, -0.2) is 4.98 Å². The maximum Gasteiger partial charge on any atom is 0.251 e. The Morgan fingerprint density at radius 2 is 1.83 bits per heavy atom. The number of nitrogens with one attached hydrogen (secondary N) is 2. The van der Waals surface area contributed by atoms with Gasteiger partial charge in [0.25, 0.3) is 5.91 Å². The van der Waals surface area contributed by atoms with E-state index in [1.807, 2.05) is 53.2 Å².